The Balaban J connectivity index is 1.29. The first-order chi connectivity index (χ1) is 16.1. The van der Waals surface area contributed by atoms with E-state index in [1.165, 1.54) is 29.4 Å². The first kappa shape index (κ1) is 22.1. The van der Waals surface area contributed by atoms with Gasteiger partial charge in [-0.15, -0.1) is 0 Å². The quantitative estimate of drug-likeness (QED) is 0.371. The molecule has 2 N–H and O–H groups in total. The van der Waals surface area contributed by atoms with Gasteiger partial charge in [0, 0.05) is 12.5 Å². The van der Waals surface area contributed by atoms with E-state index in [4.69, 9.17) is 9.47 Å². The summed E-state index contributed by atoms with van der Waals surface area (Å²) >= 11 is 0. The van der Waals surface area contributed by atoms with E-state index >= 15 is 0 Å². The van der Waals surface area contributed by atoms with Crippen LogP contribution >= 0.6 is 0 Å². The average molecular weight is 443 g/mol. The molecule has 1 aliphatic carbocycles. The van der Waals surface area contributed by atoms with E-state index in [0.29, 0.717) is 24.8 Å². The molecule has 1 amide bonds. The SMILES string of the molecule is COc1ccc(C=CCCNC(=O)OCC2c3ccccc3-c3ccccc32)c(C=O)c1O. The van der Waals surface area contributed by atoms with Crippen LogP contribution in [-0.2, 0) is 4.74 Å². The molecule has 6 nitrogen and oxygen atoms in total. The number of aromatic hydroxyl groups is 1. The number of hydrogen-bond acceptors (Lipinski definition) is 5. The van der Waals surface area contributed by atoms with Crippen molar-refractivity contribution in [3.8, 4) is 22.6 Å². The zero-order chi connectivity index (χ0) is 23.2. The molecule has 168 valence electrons. The van der Waals surface area contributed by atoms with E-state index < -0.39 is 6.09 Å². The lowest BCUT2D eigenvalue weighted by molar-refractivity contribution is 0.112. The second kappa shape index (κ2) is 10.0. The smallest absolute Gasteiger partial charge is 0.407 e. The van der Waals surface area contributed by atoms with Gasteiger partial charge in [-0.05, 0) is 40.3 Å². The molecule has 0 aromatic heterocycles. The van der Waals surface area contributed by atoms with Crippen LogP contribution in [0.15, 0.2) is 66.7 Å². The zero-order valence-electron chi connectivity index (χ0n) is 18.3. The maximum atomic E-state index is 12.2. The summed E-state index contributed by atoms with van der Waals surface area (Å²) < 4.78 is 10.5. The fraction of sp³-hybridized carbons (Fsp3) is 0.185. The van der Waals surface area contributed by atoms with Gasteiger partial charge in [-0.2, -0.15) is 0 Å². The van der Waals surface area contributed by atoms with Crippen LogP contribution < -0.4 is 10.1 Å². The lowest BCUT2D eigenvalue weighted by atomic mass is 9.98. The molecule has 0 atom stereocenters. The van der Waals surface area contributed by atoms with Gasteiger partial charge in [0.25, 0.3) is 0 Å². The number of rotatable bonds is 8. The highest BCUT2D eigenvalue weighted by Crippen LogP contribution is 2.44. The molecule has 0 heterocycles. The van der Waals surface area contributed by atoms with Crippen LogP contribution in [0.4, 0.5) is 4.79 Å². The zero-order valence-corrected chi connectivity index (χ0v) is 18.3. The third kappa shape index (κ3) is 4.60. The van der Waals surface area contributed by atoms with Gasteiger partial charge < -0.3 is 19.9 Å². The number of methoxy groups -OCH3 is 1. The standard InChI is InChI=1S/C27H25NO5/c1-32-25-14-13-18(23(16-29)26(25)30)8-6-7-15-28-27(31)33-17-24-21-11-4-2-9-19(21)20-10-3-5-12-22(20)24/h2-6,8-14,16,24,30H,7,15,17H2,1H3,(H,28,31). The number of phenols is 1. The summed E-state index contributed by atoms with van der Waals surface area (Å²) in [5.41, 5.74) is 5.45. The van der Waals surface area contributed by atoms with Gasteiger partial charge in [-0.25, -0.2) is 4.79 Å². The van der Waals surface area contributed by atoms with Crippen LogP contribution in [0.2, 0.25) is 0 Å². The summed E-state index contributed by atoms with van der Waals surface area (Å²) in [6, 6.07) is 19.7. The number of hydrogen-bond donors (Lipinski definition) is 2. The molecule has 1 aliphatic rings. The Kier molecular flexibility index (Phi) is 6.74. The van der Waals surface area contributed by atoms with Crippen LogP contribution in [0.5, 0.6) is 11.5 Å². The summed E-state index contributed by atoms with van der Waals surface area (Å²) in [6.45, 7) is 0.648. The van der Waals surface area contributed by atoms with Crippen molar-refractivity contribution < 1.29 is 24.2 Å². The molecule has 6 heteroatoms. The normalized spacial score (nSPS) is 12.3. The van der Waals surface area contributed by atoms with Gasteiger partial charge in [0.2, 0.25) is 0 Å². The van der Waals surface area contributed by atoms with Crippen molar-refractivity contribution in [2.75, 3.05) is 20.3 Å². The van der Waals surface area contributed by atoms with Crippen molar-refractivity contribution >= 4 is 18.5 Å². The van der Waals surface area contributed by atoms with Crippen molar-refractivity contribution in [2.24, 2.45) is 0 Å². The molecular formula is C27H25NO5. The summed E-state index contributed by atoms with van der Waals surface area (Å²) in [7, 11) is 1.42. The molecule has 3 aromatic rings. The molecule has 0 saturated heterocycles. The number of phenolic OH excluding ortho intramolecular Hbond substituents is 1. The summed E-state index contributed by atoms with van der Waals surface area (Å²) in [5, 5.41) is 12.8. The van der Waals surface area contributed by atoms with Gasteiger partial charge >= 0.3 is 6.09 Å². The Morgan fingerprint density at radius 3 is 2.33 bits per heavy atom. The van der Waals surface area contributed by atoms with E-state index in [2.05, 4.69) is 29.6 Å². The average Bonchev–Trinajstić information content (AvgIpc) is 3.16. The molecule has 0 fully saturated rings. The maximum absolute atomic E-state index is 12.2. The van der Waals surface area contributed by atoms with E-state index in [-0.39, 0.29) is 29.6 Å². The molecule has 33 heavy (non-hydrogen) atoms. The second-order valence-electron chi connectivity index (χ2n) is 7.68. The minimum atomic E-state index is -0.471. The van der Waals surface area contributed by atoms with Crippen LogP contribution in [0.25, 0.3) is 17.2 Å². The summed E-state index contributed by atoms with van der Waals surface area (Å²) in [6.07, 6.45) is 4.20. The fourth-order valence-electron chi connectivity index (χ4n) is 4.15. The number of carbonyl (C=O) groups excluding carboxylic acids is 2. The van der Waals surface area contributed by atoms with Crippen LogP contribution in [-0.4, -0.2) is 37.7 Å². The Bertz CT molecular complexity index is 1160. The van der Waals surface area contributed by atoms with Gasteiger partial charge in [-0.1, -0.05) is 66.7 Å². The molecule has 0 saturated carbocycles. The first-order valence-corrected chi connectivity index (χ1v) is 10.7. The molecular weight excluding hydrogens is 418 g/mol. The van der Waals surface area contributed by atoms with Crippen LogP contribution in [0, 0.1) is 0 Å². The van der Waals surface area contributed by atoms with E-state index in [0.717, 1.165) is 0 Å². The van der Waals surface area contributed by atoms with Gasteiger partial charge in [-0.3, -0.25) is 4.79 Å². The predicted octanol–water partition coefficient (Wildman–Crippen LogP) is 5.16. The highest BCUT2D eigenvalue weighted by Gasteiger charge is 2.28. The van der Waals surface area contributed by atoms with Gasteiger partial charge in [0.15, 0.2) is 17.8 Å². The number of nitrogens with one attached hydrogen (secondary N) is 1. The lowest BCUT2D eigenvalue weighted by Crippen LogP contribution is -2.26. The second-order valence-corrected chi connectivity index (χ2v) is 7.68. The molecule has 0 bridgehead atoms. The van der Waals surface area contributed by atoms with Crippen molar-refractivity contribution in [3.63, 3.8) is 0 Å². The highest BCUT2D eigenvalue weighted by atomic mass is 16.5. The number of alkyl carbamates (subject to hydrolysis) is 1. The van der Waals surface area contributed by atoms with Crippen molar-refractivity contribution in [1.82, 2.24) is 5.32 Å². The number of benzene rings is 3. The monoisotopic (exact) mass is 443 g/mol. The fourth-order valence-corrected chi connectivity index (χ4v) is 4.15. The van der Waals surface area contributed by atoms with Crippen LogP contribution in [0.1, 0.15) is 39.4 Å². The van der Waals surface area contributed by atoms with E-state index in [1.54, 1.807) is 18.2 Å². The number of carbonyl (C=O) groups is 2. The molecule has 3 aromatic carbocycles. The predicted molar refractivity (Wildman–Crippen MR) is 127 cm³/mol. The number of ether oxygens (including phenoxy) is 2. The minimum Gasteiger partial charge on any atom is -0.504 e. The summed E-state index contributed by atoms with van der Waals surface area (Å²) in [5.74, 6) is 0.0742. The number of aldehydes is 1. The van der Waals surface area contributed by atoms with E-state index in [1.807, 2.05) is 30.3 Å². The molecule has 0 radical (unpaired) electrons. The first-order valence-electron chi connectivity index (χ1n) is 10.7. The number of fused-ring (bicyclic) bond motifs is 3. The largest absolute Gasteiger partial charge is 0.504 e. The maximum Gasteiger partial charge on any atom is 0.407 e. The molecule has 0 aliphatic heterocycles. The Hall–Kier alpha value is -4.06. The van der Waals surface area contributed by atoms with E-state index in [9.17, 15) is 14.7 Å². The third-order valence-corrected chi connectivity index (χ3v) is 5.77. The molecule has 4 rings (SSSR count). The molecule has 0 spiro atoms. The van der Waals surface area contributed by atoms with Crippen molar-refractivity contribution in [1.29, 1.82) is 0 Å². The van der Waals surface area contributed by atoms with Gasteiger partial charge in [0.1, 0.15) is 6.61 Å². The Morgan fingerprint density at radius 1 is 1.03 bits per heavy atom. The Morgan fingerprint density at radius 2 is 1.70 bits per heavy atom. The highest BCUT2D eigenvalue weighted by molar-refractivity contribution is 5.87. The van der Waals surface area contributed by atoms with Crippen molar-refractivity contribution in [3.05, 3.63) is 89.0 Å². The number of amides is 1. The van der Waals surface area contributed by atoms with Gasteiger partial charge in [0.05, 0.1) is 12.7 Å². The topological polar surface area (TPSA) is 84.9 Å². The lowest BCUT2D eigenvalue weighted by Gasteiger charge is -2.14. The minimum absolute atomic E-state index is 0.0209. The van der Waals surface area contributed by atoms with Crippen molar-refractivity contribution in [2.45, 2.75) is 12.3 Å². The third-order valence-electron chi connectivity index (χ3n) is 5.77. The molecule has 0 unspecified atom stereocenters. The Labute approximate surface area is 192 Å². The van der Waals surface area contributed by atoms with Crippen LogP contribution in [0.3, 0.4) is 0 Å². The summed E-state index contributed by atoms with van der Waals surface area (Å²) in [4.78, 5) is 23.5.